The molecule has 1 unspecified atom stereocenters. The number of nitrogens with zero attached hydrogens (tertiary/aromatic N) is 1. The fraction of sp³-hybridized carbons (Fsp3) is 0.529. The largest absolute Gasteiger partial charge is 0.350 e. The van der Waals surface area contributed by atoms with E-state index in [1.165, 1.54) is 47.8 Å². The van der Waals surface area contributed by atoms with Gasteiger partial charge in [-0.25, -0.2) is 0 Å². The van der Waals surface area contributed by atoms with Gasteiger partial charge in [-0.2, -0.15) is 0 Å². The molecule has 1 saturated heterocycles. The van der Waals surface area contributed by atoms with E-state index in [2.05, 4.69) is 55.2 Å². The molecule has 1 aliphatic heterocycles. The van der Waals surface area contributed by atoms with Crippen LogP contribution in [0, 0.1) is 0 Å². The van der Waals surface area contributed by atoms with Crippen molar-refractivity contribution in [2.75, 3.05) is 6.54 Å². The summed E-state index contributed by atoms with van der Waals surface area (Å²) in [4.78, 5) is 0. The first kappa shape index (κ1) is 12.7. The summed E-state index contributed by atoms with van der Waals surface area (Å²) in [5, 5.41) is 5.05. The number of aryl methyl sites for hydroxylation is 1. The van der Waals surface area contributed by atoms with E-state index in [1.54, 1.807) is 0 Å². The second-order valence-corrected chi connectivity index (χ2v) is 6.19. The summed E-state index contributed by atoms with van der Waals surface area (Å²) in [6.45, 7) is 5.72. The van der Waals surface area contributed by atoms with Crippen LogP contribution in [0.3, 0.4) is 0 Å². The van der Waals surface area contributed by atoms with Crippen molar-refractivity contribution in [3.05, 3.63) is 35.5 Å². The molecule has 2 nitrogen and oxygen atoms in total. The van der Waals surface area contributed by atoms with Gasteiger partial charge in [0.05, 0.1) is 0 Å². The van der Waals surface area contributed by atoms with Crippen LogP contribution in [0.1, 0.15) is 43.7 Å². The Kier molecular flexibility index (Phi) is 3.36. The van der Waals surface area contributed by atoms with Crippen LogP contribution in [-0.2, 0) is 13.5 Å². The second kappa shape index (κ2) is 5.01. The third-order valence-electron chi connectivity index (χ3n) is 4.39. The van der Waals surface area contributed by atoms with Crippen molar-refractivity contribution in [3.63, 3.8) is 0 Å². The van der Waals surface area contributed by atoms with Gasteiger partial charge in [0.15, 0.2) is 0 Å². The molecular weight excluding hydrogens is 232 g/mol. The van der Waals surface area contributed by atoms with Crippen molar-refractivity contribution in [2.45, 2.75) is 45.1 Å². The zero-order valence-corrected chi connectivity index (χ0v) is 12.2. The number of aromatic nitrogens is 1. The summed E-state index contributed by atoms with van der Waals surface area (Å²) in [5.74, 6) is 0.599. The number of rotatable bonds is 3. The predicted octanol–water partition coefficient (Wildman–Crippen LogP) is 3.60. The van der Waals surface area contributed by atoms with Crippen LogP contribution in [0.5, 0.6) is 0 Å². The lowest BCUT2D eigenvalue weighted by Crippen LogP contribution is -2.23. The van der Waals surface area contributed by atoms with Gasteiger partial charge in [0, 0.05) is 30.2 Å². The molecule has 0 amide bonds. The van der Waals surface area contributed by atoms with Gasteiger partial charge in [0.1, 0.15) is 0 Å². The van der Waals surface area contributed by atoms with E-state index in [0.29, 0.717) is 12.0 Å². The lowest BCUT2D eigenvalue weighted by Gasteiger charge is -2.10. The first-order valence-electron chi connectivity index (χ1n) is 7.46. The van der Waals surface area contributed by atoms with E-state index in [0.717, 1.165) is 0 Å². The summed E-state index contributed by atoms with van der Waals surface area (Å²) in [6.07, 6.45) is 6.13. The zero-order valence-electron chi connectivity index (χ0n) is 12.2. The molecule has 0 aliphatic carbocycles. The molecule has 0 spiro atoms. The molecule has 19 heavy (non-hydrogen) atoms. The van der Waals surface area contributed by atoms with Gasteiger partial charge in [0.2, 0.25) is 0 Å². The number of benzene rings is 1. The number of hydrogen-bond donors (Lipinski definition) is 1. The van der Waals surface area contributed by atoms with Gasteiger partial charge < -0.3 is 9.88 Å². The predicted molar refractivity (Wildman–Crippen MR) is 81.7 cm³/mol. The average Bonchev–Trinajstić information content (AvgIpc) is 2.99. The fourth-order valence-corrected chi connectivity index (χ4v) is 3.21. The van der Waals surface area contributed by atoms with Crippen molar-refractivity contribution in [3.8, 4) is 0 Å². The molecule has 2 aromatic rings. The molecule has 0 bridgehead atoms. The summed E-state index contributed by atoms with van der Waals surface area (Å²) in [6, 6.07) is 7.61. The molecule has 1 atom stereocenters. The van der Waals surface area contributed by atoms with E-state index >= 15 is 0 Å². The molecule has 102 valence electrons. The van der Waals surface area contributed by atoms with Crippen LogP contribution in [0.15, 0.2) is 24.4 Å². The Hall–Kier alpha value is -1.28. The van der Waals surface area contributed by atoms with E-state index in [9.17, 15) is 0 Å². The molecular formula is C17H24N2. The quantitative estimate of drug-likeness (QED) is 0.888. The topological polar surface area (TPSA) is 17.0 Å². The summed E-state index contributed by atoms with van der Waals surface area (Å²) in [5.41, 5.74) is 4.30. The maximum atomic E-state index is 3.61. The normalized spacial score (nSPS) is 19.7. The number of nitrogens with one attached hydrogen (secondary N) is 1. The Labute approximate surface area is 115 Å². The van der Waals surface area contributed by atoms with Gasteiger partial charge in [-0.1, -0.05) is 19.9 Å². The van der Waals surface area contributed by atoms with Crippen molar-refractivity contribution >= 4 is 10.9 Å². The van der Waals surface area contributed by atoms with Gasteiger partial charge >= 0.3 is 0 Å². The van der Waals surface area contributed by atoms with Crippen molar-refractivity contribution in [1.29, 1.82) is 0 Å². The maximum absolute atomic E-state index is 3.61. The third-order valence-corrected chi connectivity index (χ3v) is 4.39. The highest BCUT2D eigenvalue weighted by Gasteiger charge is 2.17. The first-order chi connectivity index (χ1) is 9.15. The van der Waals surface area contributed by atoms with Crippen LogP contribution in [-0.4, -0.2) is 17.2 Å². The Bertz CT molecular complexity index is 574. The molecule has 1 N–H and O–H groups in total. The average molecular weight is 256 g/mol. The molecule has 2 heterocycles. The number of fused-ring (bicyclic) bond motifs is 1. The smallest absolute Gasteiger partial charge is 0.0480 e. The Morgan fingerprint density at radius 3 is 2.89 bits per heavy atom. The fourth-order valence-electron chi connectivity index (χ4n) is 3.21. The lowest BCUT2D eigenvalue weighted by molar-refractivity contribution is 0.604. The van der Waals surface area contributed by atoms with E-state index in [4.69, 9.17) is 0 Å². The van der Waals surface area contributed by atoms with E-state index < -0.39 is 0 Å². The molecule has 2 heteroatoms. The molecule has 1 aromatic heterocycles. The molecule has 0 saturated carbocycles. The van der Waals surface area contributed by atoms with E-state index in [1.807, 2.05) is 0 Å². The second-order valence-electron chi connectivity index (χ2n) is 6.19. The third kappa shape index (κ3) is 2.42. The summed E-state index contributed by atoms with van der Waals surface area (Å²) in [7, 11) is 2.16. The number of hydrogen-bond acceptors (Lipinski definition) is 1. The van der Waals surface area contributed by atoms with Gasteiger partial charge in [0.25, 0.3) is 0 Å². The SMILES string of the molecule is CC(C)c1ccc2c(c1)c(CC1CCCN1)cn2C. The van der Waals surface area contributed by atoms with Crippen LogP contribution in [0.4, 0.5) is 0 Å². The Balaban J connectivity index is 2.00. The van der Waals surface area contributed by atoms with Gasteiger partial charge in [-0.15, -0.1) is 0 Å². The highest BCUT2D eigenvalue weighted by Crippen LogP contribution is 2.27. The van der Waals surface area contributed by atoms with Crippen molar-refractivity contribution in [2.24, 2.45) is 7.05 Å². The molecule has 0 radical (unpaired) electrons. The highest BCUT2D eigenvalue weighted by atomic mass is 14.9. The van der Waals surface area contributed by atoms with E-state index in [-0.39, 0.29) is 0 Å². The Morgan fingerprint density at radius 1 is 1.37 bits per heavy atom. The minimum atomic E-state index is 0.599. The zero-order chi connectivity index (χ0) is 13.4. The first-order valence-corrected chi connectivity index (χ1v) is 7.46. The standard InChI is InChI=1S/C17H24N2/c1-12(2)13-6-7-17-16(10-13)14(11-19(17)3)9-15-5-4-8-18-15/h6-7,10-12,15,18H,4-5,8-9H2,1-3H3. The van der Waals surface area contributed by atoms with Gasteiger partial charge in [-0.3, -0.25) is 0 Å². The minimum absolute atomic E-state index is 0.599. The monoisotopic (exact) mass is 256 g/mol. The van der Waals surface area contributed by atoms with Crippen LogP contribution >= 0.6 is 0 Å². The summed E-state index contributed by atoms with van der Waals surface area (Å²) >= 11 is 0. The van der Waals surface area contributed by atoms with Crippen molar-refractivity contribution < 1.29 is 0 Å². The van der Waals surface area contributed by atoms with Crippen LogP contribution in [0.25, 0.3) is 10.9 Å². The Morgan fingerprint density at radius 2 is 2.21 bits per heavy atom. The lowest BCUT2D eigenvalue weighted by atomic mass is 9.98. The van der Waals surface area contributed by atoms with Crippen LogP contribution < -0.4 is 5.32 Å². The highest BCUT2D eigenvalue weighted by molar-refractivity contribution is 5.84. The minimum Gasteiger partial charge on any atom is -0.350 e. The molecule has 1 aliphatic rings. The van der Waals surface area contributed by atoms with Crippen LogP contribution in [0.2, 0.25) is 0 Å². The molecule has 1 fully saturated rings. The molecule has 1 aromatic carbocycles. The van der Waals surface area contributed by atoms with Gasteiger partial charge in [-0.05, 0) is 55.0 Å². The van der Waals surface area contributed by atoms with Crippen molar-refractivity contribution in [1.82, 2.24) is 9.88 Å². The maximum Gasteiger partial charge on any atom is 0.0480 e. The molecule has 3 rings (SSSR count). The summed E-state index contributed by atoms with van der Waals surface area (Å²) < 4.78 is 2.27.